The molecule has 18 nitrogen and oxygen atoms in total. The molecule has 2 unspecified atom stereocenters. The molecule has 2 N–H and O–H groups in total. The van der Waals surface area contributed by atoms with E-state index in [4.69, 9.17) is 28.4 Å². The summed E-state index contributed by atoms with van der Waals surface area (Å²) >= 11 is 0. The van der Waals surface area contributed by atoms with E-state index < -0.39 is 47.8 Å². The zero-order valence-corrected chi connectivity index (χ0v) is 63.1. The normalized spacial score (nSPS) is 14.6. The van der Waals surface area contributed by atoms with Gasteiger partial charge in [0.2, 0.25) is 11.8 Å². The van der Waals surface area contributed by atoms with Crippen LogP contribution in [0.4, 0.5) is 0 Å². The number of amides is 2. The molecule has 1 aliphatic rings. The minimum atomic E-state index is -1.01. The molecule has 0 bridgehead atoms. The summed E-state index contributed by atoms with van der Waals surface area (Å²) in [6.45, 7) is 10.8. The standard InChI is InChI=1S/C84H132N4O14/c1-5-9-13-17-21-25-27-29-31-33-35-37-41-45-49-53-71-99-81(93)61-65-87(63-59-79(91)97-69-51-47-43-39-23-19-15-11-7-3)67-73-101-77(89)57-55-75-83(95)86-76(84(96)85-75)56-58-78(90)102-74-68-88(64-60-80(92)98-70-52-48-44-40-24-20-16-12-8-4)66-62-82(94)100-72-54-50-46-42-38-36-34-32-30-28-26-22-18-14-10-6-2/h9-16,21-26,29-32,39-40,47-48,51-52,75-76H,5-8,17-20,27-28,33-38,41-46,49-50,53-74H2,1-4H3,(H,85,96)(H,86,95)/b13-9-,14-10-,15-11-,16-12-,25-21-,26-22-,31-29-,32-30-,39-23-,40-24-,51-47-,52-48-. The Bertz CT molecular complexity index is 2420. The number of nitrogens with zero attached hydrogens (tertiary/aromatic N) is 2. The van der Waals surface area contributed by atoms with E-state index in [1.807, 2.05) is 22.0 Å². The van der Waals surface area contributed by atoms with Crippen LogP contribution >= 0.6 is 0 Å². The number of esters is 6. The summed E-state index contributed by atoms with van der Waals surface area (Å²) in [5.41, 5.74) is 0. The fourth-order valence-corrected chi connectivity index (χ4v) is 10.3. The molecule has 0 saturated carbocycles. The van der Waals surface area contributed by atoms with Crippen molar-refractivity contribution >= 4 is 47.6 Å². The van der Waals surface area contributed by atoms with Gasteiger partial charge in [-0.1, -0.05) is 225 Å². The molecule has 1 saturated heterocycles. The van der Waals surface area contributed by atoms with Crippen molar-refractivity contribution < 1.29 is 66.8 Å². The van der Waals surface area contributed by atoms with Crippen molar-refractivity contribution in [3.8, 4) is 0 Å². The van der Waals surface area contributed by atoms with Crippen molar-refractivity contribution in [2.75, 3.05) is 78.9 Å². The molecule has 1 rings (SSSR count). The summed E-state index contributed by atoms with van der Waals surface area (Å²) in [5.74, 6) is -3.73. The van der Waals surface area contributed by atoms with Gasteiger partial charge in [0.05, 0.1) is 38.9 Å². The molecular weight excluding hydrogens is 1290 g/mol. The van der Waals surface area contributed by atoms with Gasteiger partial charge in [-0.15, -0.1) is 0 Å². The van der Waals surface area contributed by atoms with Gasteiger partial charge in [0, 0.05) is 52.1 Å². The van der Waals surface area contributed by atoms with Crippen molar-refractivity contribution in [1.29, 1.82) is 0 Å². The van der Waals surface area contributed by atoms with Crippen molar-refractivity contribution in [3.05, 3.63) is 146 Å². The number of hydrogen-bond acceptors (Lipinski definition) is 16. The summed E-state index contributed by atoms with van der Waals surface area (Å²) in [6.07, 6.45) is 76.6. The van der Waals surface area contributed by atoms with Gasteiger partial charge in [-0.05, 0) is 128 Å². The average Bonchev–Trinajstić information content (AvgIpc) is 0.845. The largest absolute Gasteiger partial charge is 0.466 e. The van der Waals surface area contributed by atoms with Crippen LogP contribution in [0.2, 0.25) is 0 Å². The van der Waals surface area contributed by atoms with Gasteiger partial charge in [0.15, 0.2) is 0 Å². The molecule has 0 aromatic heterocycles. The molecule has 18 heteroatoms. The van der Waals surface area contributed by atoms with Gasteiger partial charge >= 0.3 is 35.8 Å². The first-order chi connectivity index (χ1) is 49.9. The summed E-state index contributed by atoms with van der Waals surface area (Å²) in [4.78, 5) is 107. The number of ether oxygens (including phenoxy) is 6. The molecular formula is C84H132N4O14. The van der Waals surface area contributed by atoms with Crippen LogP contribution in [0, 0.1) is 0 Å². The summed E-state index contributed by atoms with van der Waals surface area (Å²) in [7, 11) is 0. The molecule has 2 amide bonds. The Morgan fingerprint density at radius 1 is 0.284 bits per heavy atom. The van der Waals surface area contributed by atoms with Gasteiger partial charge in [0.25, 0.3) is 0 Å². The highest BCUT2D eigenvalue weighted by Crippen LogP contribution is 2.14. The van der Waals surface area contributed by atoms with Gasteiger partial charge in [-0.25, -0.2) is 0 Å². The zero-order chi connectivity index (χ0) is 74.1. The van der Waals surface area contributed by atoms with Crippen molar-refractivity contribution in [2.45, 2.75) is 258 Å². The quantitative estimate of drug-likeness (QED) is 0.0250. The average molecular weight is 1420 g/mol. The van der Waals surface area contributed by atoms with Crippen LogP contribution < -0.4 is 10.6 Å². The second-order valence-corrected chi connectivity index (χ2v) is 25.1. The summed E-state index contributed by atoms with van der Waals surface area (Å²) in [6, 6.07) is -2.02. The topological polar surface area (TPSA) is 222 Å². The van der Waals surface area contributed by atoms with E-state index in [0.717, 1.165) is 167 Å². The SMILES string of the molecule is CC/C=C\C/C=C\C/C=C\CCCCCCCCOC(=O)CCN(CCOC(=O)CCC1NC(=O)C(CCC(=O)OCCN(CCC(=O)OC/C=C\C/C=C\C/C=C\CC)CCC(=O)OCCCCCCCC/C=C\C/C=C\C/C=C\CC)NC1=O)CCC(=O)OC/C=C\C/C=C\C/C=C\CC. The fraction of sp³-hybridized carbons (Fsp3) is 0.619. The minimum Gasteiger partial charge on any atom is -0.466 e. The third kappa shape index (κ3) is 61.2. The van der Waals surface area contributed by atoms with Crippen LogP contribution in [0.25, 0.3) is 0 Å². The number of piperazine rings is 1. The van der Waals surface area contributed by atoms with Crippen LogP contribution in [-0.4, -0.2) is 148 Å². The second kappa shape index (κ2) is 70.6. The van der Waals surface area contributed by atoms with E-state index in [1.54, 1.807) is 12.2 Å². The third-order valence-electron chi connectivity index (χ3n) is 16.3. The summed E-state index contributed by atoms with van der Waals surface area (Å²) in [5, 5.41) is 5.33. The predicted molar refractivity (Wildman–Crippen MR) is 412 cm³/mol. The van der Waals surface area contributed by atoms with Crippen molar-refractivity contribution in [1.82, 2.24) is 20.4 Å². The van der Waals surface area contributed by atoms with Crippen LogP contribution in [0.15, 0.2) is 146 Å². The first-order valence-electron chi connectivity index (χ1n) is 38.7. The summed E-state index contributed by atoms with van der Waals surface area (Å²) < 4.78 is 33.0. The highest BCUT2D eigenvalue weighted by atomic mass is 16.6. The molecule has 1 aliphatic heterocycles. The van der Waals surface area contributed by atoms with E-state index in [0.29, 0.717) is 13.2 Å². The monoisotopic (exact) mass is 1420 g/mol. The molecule has 0 spiro atoms. The first kappa shape index (κ1) is 92.6. The maximum Gasteiger partial charge on any atom is 0.307 e. The number of nitrogens with one attached hydrogen (secondary N) is 2. The van der Waals surface area contributed by atoms with Crippen LogP contribution in [0.5, 0.6) is 0 Å². The number of carbonyl (C=O) groups excluding carboxylic acids is 8. The molecule has 572 valence electrons. The second-order valence-electron chi connectivity index (χ2n) is 25.1. The lowest BCUT2D eigenvalue weighted by molar-refractivity contribution is -0.147. The molecule has 0 aromatic rings. The highest BCUT2D eigenvalue weighted by Gasteiger charge is 2.34. The van der Waals surface area contributed by atoms with Gasteiger partial charge in [-0.2, -0.15) is 0 Å². The Labute approximate surface area is 614 Å². The molecule has 102 heavy (non-hydrogen) atoms. The first-order valence-corrected chi connectivity index (χ1v) is 38.7. The Morgan fingerprint density at radius 3 is 0.843 bits per heavy atom. The van der Waals surface area contributed by atoms with E-state index in [9.17, 15) is 38.4 Å². The smallest absolute Gasteiger partial charge is 0.307 e. The molecule has 0 aliphatic carbocycles. The number of hydrogen-bond donors (Lipinski definition) is 2. The van der Waals surface area contributed by atoms with Crippen LogP contribution in [0.1, 0.15) is 246 Å². The number of rotatable bonds is 66. The van der Waals surface area contributed by atoms with Crippen molar-refractivity contribution in [3.63, 3.8) is 0 Å². The lowest BCUT2D eigenvalue weighted by Crippen LogP contribution is -2.61. The van der Waals surface area contributed by atoms with Gasteiger partial charge in [0.1, 0.15) is 38.5 Å². The Hall–Kier alpha value is -7.44. The lowest BCUT2D eigenvalue weighted by Gasteiger charge is -2.29. The van der Waals surface area contributed by atoms with E-state index in [2.05, 4.69) is 160 Å². The molecule has 1 heterocycles. The third-order valence-corrected chi connectivity index (χ3v) is 16.3. The van der Waals surface area contributed by atoms with Crippen LogP contribution in [0.3, 0.4) is 0 Å². The predicted octanol–water partition coefficient (Wildman–Crippen LogP) is 16.9. The van der Waals surface area contributed by atoms with Gasteiger partial charge in [-0.3, -0.25) is 48.2 Å². The lowest BCUT2D eigenvalue weighted by atomic mass is 10.0. The van der Waals surface area contributed by atoms with E-state index >= 15 is 0 Å². The molecule has 1 fully saturated rings. The Morgan fingerprint density at radius 2 is 0.529 bits per heavy atom. The Kier molecular flexibility index (Phi) is 64.1. The van der Waals surface area contributed by atoms with Crippen molar-refractivity contribution in [2.24, 2.45) is 0 Å². The Balaban J connectivity index is 2.65. The maximum absolute atomic E-state index is 13.2. The molecule has 0 radical (unpaired) electrons. The zero-order valence-electron chi connectivity index (χ0n) is 63.1. The van der Waals surface area contributed by atoms with Gasteiger partial charge < -0.3 is 39.1 Å². The highest BCUT2D eigenvalue weighted by molar-refractivity contribution is 5.97. The number of unbranched alkanes of at least 4 members (excludes halogenated alkanes) is 12. The maximum atomic E-state index is 13.2. The molecule has 2 atom stereocenters. The molecule has 0 aromatic carbocycles. The minimum absolute atomic E-state index is 0.0322. The fourth-order valence-electron chi connectivity index (χ4n) is 10.3. The van der Waals surface area contributed by atoms with E-state index in [-0.39, 0.29) is 129 Å². The number of carbonyl (C=O) groups is 8. The van der Waals surface area contributed by atoms with Crippen LogP contribution in [-0.2, 0) is 66.8 Å². The number of allylic oxidation sites excluding steroid dienone is 22. The van der Waals surface area contributed by atoms with E-state index in [1.165, 1.54) is 0 Å².